The summed E-state index contributed by atoms with van der Waals surface area (Å²) in [5.74, 6) is 0. The molecule has 0 rings (SSSR count). The molecule has 0 unspecified atom stereocenters. The Labute approximate surface area is 104 Å². The summed E-state index contributed by atoms with van der Waals surface area (Å²) >= 11 is 0. The highest BCUT2D eigenvalue weighted by Gasteiger charge is 2.18. The highest BCUT2D eigenvalue weighted by molar-refractivity contribution is 4.98. The van der Waals surface area contributed by atoms with E-state index in [0.29, 0.717) is 5.41 Å². The first-order valence-corrected chi connectivity index (χ1v) is 7.18. The smallest absolute Gasteiger partial charge is 0.0271 e. The van der Waals surface area contributed by atoms with Gasteiger partial charge in [0.25, 0.3) is 0 Å². The molecule has 0 amide bonds. The van der Waals surface area contributed by atoms with Crippen molar-refractivity contribution in [3.05, 3.63) is 12.2 Å². The number of allylic oxidation sites excluding steroid dienone is 1. The lowest BCUT2D eigenvalue weighted by Gasteiger charge is -2.25. The molecular formula is C16H32. The van der Waals surface area contributed by atoms with Crippen molar-refractivity contribution in [2.24, 2.45) is 5.41 Å². The summed E-state index contributed by atoms with van der Waals surface area (Å²) in [6.07, 6.45) is 11.9. The number of unbranched alkanes of at least 4 members (excludes halogenated alkanes) is 4. The van der Waals surface area contributed by atoms with Crippen LogP contribution in [0.25, 0.3) is 0 Å². The molecule has 0 atom stereocenters. The molecule has 0 saturated heterocycles. The molecule has 0 aromatic heterocycles. The van der Waals surface area contributed by atoms with E-state index < -0.39 is 0 Å². The first kappa shape index (κ1) is 15.7. The van der Waals surface area contributed by atoms with Crippen molar-refractivity contribution in [1.29, 1.82) is 0 Å². The van der Waals surface area contributed by atoms with Crippen molar-refractivity contribution in [3.8, 4) is 0 Å². The van der Waals surface area contributed by atoms with Crippen LogP contribution in [0.4, 0.5) is 0 Å². The molecule has 0 aliphatic carbocycles. The van der Waals surface area contributed by atoms with Gasteiger partial charge in [0.05, 0.1) is 0 Å². The molecule has 0 heterocycles. The van der Waals surface area contributed by atoms with E-state index in [-0.39, 0.29) is 0 Å². The maximum Gasteiger partial charge on any atom is -0.0271 e. The number of hydrogen-bond donors (Lipinski definition) is 0. The van der Waals surface area contributed by atoms with Gasteiger partial charge in [0, 0.05) is 0 Å². The van der Waals surface area contributed by atoms with Crippen LogP contribution in [0, 0.1) is 5.41 Å². The van der Waals surface area contributed by atoms with Gasteiger partial charge < -0.3 is 0 Å². The first-order valence-electron chi connectivity index (χ1n) is 7.18. The minimum atomic E-state index is 0.471. The minimum Gasteiger partial charge on any atom is -0.0998 e. The van der Waals surface area contributed by atoms with Gasteiger partial charge in [0.1, 0.15) is 0 Å². The minimum absolute atomic E-state index is 0.471. The third kappa shape index (κ3) is 9.00. The van der Waals surface area contributed by atoms with Gasteiger partial charge in [0.15, 0.2) is 0 Å². The van der Waals surface area contributed by atoms with Gasteiger partial charge in [0.2, 0.25) is 0 Å². The van der Waals surface area contributed by atoms with E-state index >= 15 is 0 Å². The van der Waals surface area contributed by atoms with E-state index in [4.69, 9.17) is 0 Å². The van der Waals surface area contributed by atoms with Gasteiger partial charge in [-0.2, -0.15) is 0 Å². The highest BCUT2D eigenvalue weighted by Crippen LogP contribution is 2.32. The predicted octanol–water partition coefficient (Wildman–Crippen LogP) is 6.12. The van der Waals surface area contributed by atoms with Crippen LogP contribution in [0.5, 0.6) is 0 Å². The van der Waals surface area contributed by atoms with E-state index in [1.54, 1.807) is 0 Å². The predicted molar refractivity (Wildman–Crippen MR) is 75.8 cm³/mol. The fraction of sp³-hybridized carbons (Fsp3) is 0.875. The Kier molecular flexibility index (Phi) is 8.70. The molecule has 0 nitrogen and oxygen atoms in total. The molecule has 96 valence electrons. The average Bonchev–Trinajstić information content (AvgIpc) is 2.17. The van der Waals surface area contributed by atoms with Gasteiger partial charge in [-0.15, -0.1) is 0 Å². The van der Waals surface area contributed by atoms with E-state index in [2.05, 4.69) is 34.3 Å². The van der Waals surface area contributed by atoms with Crippen LogP contribution in [-0.2, 0) is 0 Å². The molecule has 0 aliphatic heterocycles. The second-order valence-electron chi connectivity index (χ2n) is 6.01. The largest absolute Gasteiger partial charge is 0.0998 e. The summed E-state index contributed by atoms with van der Waals surface area (Å²) in [6, 6.07) is 0. The molecule has 0 bridgehead atoms. The summed E-state index contributed by atoms with van der Waals surface area (Å²) < 4.78 is 0. The van der Waals surface area contributed by atoms with Gasteiger partial charge >= 0.3 is 0 Å². The molecule has 0 N–H and O–H groups in total. The lowest BCUT2D eigenvalue weighted by Crippen LogP contribution is -2.12. The summed E-state index contributed by atoms with van der Waals surface area (Å²) in [5, 5.41) is 0. The van der Waals surface area contributed by atoms with Gasteiger partial charge in [-0.3, -0.25) is 0 Å². The maximum absolute atomic E-state index is 4.24. The van der Waals surface area contributed by atoms with Crippen LogP contribution in [0.3, 0.4) is 0 Å². The van der Waals surface area contributed by atoms with E-state index in [1.165, 1.54) is 63.4 Å². The Hall–Kier alpha value is -0.260. The van der Waals surface area contributed by atoms with E-state index in [9.17, 15) is 0 Å². The second kappa shape index (κ2) is 8.84. The van der Waals surface area contributed by atoms with Crippen LogP contribution in [0.15, 0.2) is 12.2 Å². The Balaban J connectivity index is 3.72. The van der Waals surface area contributed by atoms with Crippen LogP contribution in [0.2, 0.25) is 0 Å². The molecular weight excluding hydrogens is 192 g/mol. The monoisotopic (exact) mass is 224 g/mol. The molecule has 0 radical (unpaired) electrons. The van der Waals surface area contributed by atoms with Gasteiger partial charge in [-0.25, -0.2) is 0 Å². The lowest BCUT2D eigenvalue weighted by molar-refractivity contribution is 0.314. The zero-order chi connectivity index (χ0) is 12.4. The highest BCUT2D eigenvalue weighted by atomic mass is 14.2. The molecule has 16 heavy (non-hydrogen) atoms. The summed E-state index contributed by atoms with van der Waals surface area (Å²) in [5.41, 5.74) is 1.94. The number of rotatable bonds is 10. The SMILES string of the molecule is C=C(CCCCC)CC(C)(C)CCCCC. The van der Waals surface area contributed by atoms with Crippen molar-refractivity contribution in [1.82, 2.24) is 0 Å². The topological polar surface area (TPSA) is 0 Å². The third-order valence-corrected chi connectivity index (χ3v) is 3.32. The summed E-state index contributed by atoms with van der Waals surface area (Å²) in [6.45, 7) is 13.6. The quantitative estimate of drug-likeness (QED) is 0.310. The fourth-order valence-electron chi connectivity index (χ4n) is 2.33. The number of hydrogen-bond acceptors (Lipinski definition) is 0. The van der Waals surface area contributed by atoms with Gasteiger partial charge in [-0.05, 0) is 31.1 Å². The fourth-order valence-corrected chi connectivity index (χ4v) is 2.33. The van der Waals surface area contributed by atoms with Crippen molar-refractivity contribution in [2.45, 2.75) is 85.5 Å². The summed E-state index contributed by atoms with van der Waals surface area (Å²) in [4.78, 5) is 0. The van der Waals surface area contributed by atoms with Gasteiger partial charge in [-0.1, -0.05) is 72.0 Å². The summed E-state index contributed by atoms with van der Waals surface area (Å²) in [7, 11) is 0. The Morgan fingerprint density at radius 2 is 1.50 bits per heavy atom. The lowest BCUT2D eigenvalue weighted by atomic mass is 9.80. The van der Waals surface area contributed by atoms with Crippen molar-refractivity contribution >= 4 is 0 Å². The standard InChI is InChI=1S/C16H32/c1-6-8-10-12-15(3)14-16(4,5)13-11-9-7-2/h3,6-14H2,1-2,4-5H3. The second-order valence-corrected chi connectivity index (χ2v) is 6.01. The third-order valence-electron chi connectivity index (χ3n) is 3.32. The Morgan fingerprint density at radius 3 is 2.06 bits per heavy atom. The molecule has 0 aromatic carbocycles. The average molecular weight is 224 g/mol. The molecule has 0 aliphatic rings. The van der Waals surface area contributed by atoms with Crippen LogP contribution < -0.4 is 0 Å². The zero-order valence-corrected chi connectivity index (χ0v) is 12.1. The maximum atomic E-state index is 4.24. The molecule has 0 spiro atoms. The van der Waals surface area contributed by atoms with Crippen LogP contribution >= 0.6 is 0 Å². The Bertz CT molecular complexity index is 176. The molecule has 0 fully saturated rings. The van der Waals surface area contributed by atoms with Crippen LogP contribution in [-0.4, -0.2) is 0 Å². The van der Waals surface area contributed by atoms with Crippen molar-refractivity contribution in [2.75, 3.05) is 0 Å². The Morgan fingerprint density at radius 1 is 0.938 bits per heavy atom. The molecule has 0 saturated carbocycles. The zero-order valence-electron chi connectivity index (χ0n) is 12.1. The van der Waals surface area contributed by atoms with Crippen molar-refractivity contribution < 1.29 is 0 Å². The van der Waals surface area contributed by atoms with Crippen molar-refractivity contribution in [3.63, 3.8) is 0 Å². The first-order chi connectivity index (χ1) is 7.52. The normalized spacial score (nSPS) is 11.8. The van der Waals surface area contributed by atoms with E-state index in [0.717, 1.165) is 0 Å². The van der Waals surface area contributed by atoms with E-state index in [1.807, 2.05) is 0 Å². The molecule has 0 aromatic rings. The molecule has 0 heteroatoms. The van der Waals surface area contributed by atoms with Crippen LogP contribution in [0.1, 0.15) is 85.5 Å².